The maximum Gasteiger partial charge on any atom is 0.266 e. The van der Waals surface area contributed by atoms with Gasteiger partial charge in [0.1, 0.15) is 16.7 Å². The predicted molar refractivity (Wildman–Crippen MR) is 107 cm³/mol. The van der Waals surface area contributed by atoms with Crippen LogP contribution in [0.5, 0.6) is 11.5 Å². The van der Waals surface area contributed by atoms with Gasteiger partial charge in [-0.2, -0.15) is 0 Å². The smallest absolute Gasteiger partial charge is 0.266 e. The number of hydrogen-bond donors (Lipinski definition) is 1. The van der Waals surface area contributed by atoms with Crippen molar-refractivity contribution in [1.29, 1.82) is 0 Å². The molecule has 142 valence electrons. The molecular weight excluding hydrogens is 403 g/mol. The minimum absolute atomic E-state index is 0.143. The SMILES string of the molecule is O=C(CN1C(=O)/C(=C\c2ccc(F)cc2)SC1=S)Nc1ccc2c(c1)OCO2. The lowest BCUT2D eigenvalue weighted by molar-refractivity contribution is -0.126. The number of amides is 2. The zero-order chi connectivity index (χ0) is 19.7. The summed E-state index contributed by atoms with van der Waals surface area (Å²) in [5.74, 6) is 0.0507. The number of thiocarbonyl (C=S) groups is 1. The van der Waals surface area contributed by atoms with Crippen LogP contribution in [0.3, 0.4) is 0 Å². The zero-order valence-corrected chi connectivity index (χ0v) is 15.9. The second kappa shape index (κ2) is 7.61. The van der Waals surface area contributed by atoms with Crippen LogP contribution in [0.1, 0.15) is 5.56 Å². The fourth-order valence-electron chi connectivity index (χ4n) is 2.67. The number of anilines is 1. The number of carbonyl (C=O) groups is 2. The minimum Gasteiger partial charge on any atom is -0.454 e. The number of ether oxygens (including phenoxy) is 2. The van der Waals surface area contributed by atoms with Gasteiger partial charge in [-0.25, -0.2) is 4.39 Å². The number of halogens is 1. The first kappa shape index (κ1) is 18.5. The molecule has 0 spiro atoms. The van der Waals surface area contributed by atoms with E-state index in [0.717, 1.165) is 11.8 Å². The maximum absolute atomic E-state index is 13.0. The van der Waals surface area contributed by atoms with E-state index >= 15 is 0 Å². The summed E-state index contributed by atoms with van der Waals surface area (Å²) in [6.07, 6.45) is 1.62. The standard InChI is InChI=1S/C19H13FN2O4S2/c20-12-3-1-11(2-4-12)7-16-18(24)22(19(27)28-16)9-17(23)21-13-5-6-14-15(8-13)26-10-25-14/h1-8H,9-10H2,(H,21,23)/b16-7+. The van der Waals surface area contributed by atoms with Crippen molar-refractivity contribution in [2.24, 2.45) is 0 Å². The molecule has 6 nitrogen and oxygen atoms in total. The van der Waals surface area contributed by atoms with Crippen LogP contribution < -0.4 is 14.8 Å². The second-order valence-corrected chi connectivity index (χ2v) is 7.61. The summed E-state index contributed by atoms with van der Waals surface area (Å²) in [6, 6.07) is 10.8. The van der Waals surface area contributed by atoms with Crippen molar-refractivity contribution >= 4 is 51.9 Å². The third kappa shape index (κ3) is 3.85. The van der Waals surface area contributed by atoms with E-state index < -0.39 is 5.91 Å². The summed E-state index contributed by atoms with van der Waals surface area (Å²) in [5, 5.41) is 2.71. The topological polar surface area (TPSA) is 67.9 Å². The van der Waals surface area contributed by atoms with Gasteiger partial charge in [0.15, 0.2) is 11.5 Å². The molecule has 4 rings (SSSR count). The van der Waals surface area contributed by atoms with E-state index in [9.17, 15) is 14.0 Å². The summed E-state index contributed by atoms with van der Waals surface area (Å²) in [6.45, 7) is -0.0659. The van der Waals surface area contributed by atoms with E-state index in [2.05, 4.69) is 5.32 Å². The van der Waals surface area contributed by atoms with Crippen molar-refractivity contribution in [2.45, 2.75) is 0 Å². The molecule has 0 aliphatic carbocycles. The third-order valence-corrected chi connectivity index (χ3v) is 5.38. The van der Waals surface area contributed by atoms with Crippen LogP contribution in [0.25, 0.3) is 6.08 Å². The van der Waals surface area contributed by atoms with Gasteiger partial charge in [-0.05, 0) is 35.9 Å². The Kier molecular flexibility index (Phi) is 5.01. The van der Waals surface area contributed by atoms with Crippen molar-refractivity contribution < 1.29 is 23.5 Å². The van der Waals surface area contributed by atoms with Gasteiger partial charge in [0.2, 0.25) is 12.7 Å². The molecule has 9 heteroatoms. The molecule has 2 heterocycles. The van der Waals surface area contributed by atoms with Gasteiger partial charge in [-0.15, -0.1) is 0 Å². The number of thioether (sulfide) groups is 1. The van der Waals surface area contributed by atoms with E-state index in [4.69, 9.17) is 21.7 Å². The molecule has 0 bridgehead atoms. The Morgan fingerprint density at radius 3 is 2.75 bits per heavy atom. The van der Waals surface area contributed by atoms with Crippen molar-refractivity contribution in [1.82, 2.24) is 4.90 Å². The van der Waals surface area contributed by atoms with Crippen molar-refractivity contribution in [3.05, 3.63) is 58.8 Å². The van der Waals surface area contributed by atoms with Gasteiger partial charge in [0, 0.05) is 11.8 Å². The highest BCUT2D eigenvalue weighted by Gasteiger charge is 2.33. The Labute approximate surface area is 169 Å². The molecule has 0 radical (unpaired) electrons. The fraction of sp³-hybridized carbons (Fsp3) is 0.105. The molecule has 2 aliphatic rings. The van der Waals surface area contributed by atoms with Gasteiger partial charge < -0.3 is 14.8 Å². The molecule has 2 aromatic rings. The molecule has 1 saturated heterocycles. The molecule has 2 aliphatic heterocycles. The van der Waals surface area contributed by atoms with Gasteiger partial charge >= 0.3 is 0 Å². The van der Waals surface area contributed by atoms with Crippen LogP contribution in [0, 0.1) is 5.82 Å². The molecule has 2 aromatic carbocycles. The summed E-state index contributed by atoms with van der Waals surface area (Å²) in [5.41, 5.74) is 1.20. The van der Waals surface area contributed by atoms with Gasteiger partial charge in [0.05, 0.1) is 4.91 Å². The molecular formula is C19H13FN2O4S2. The zero-order valence-electron chi connectivity index (χ0n) is 14.3. The van der Waals surface area contributed by atoms with Crippen LogP contribution in [-0.2, 0) is 9.59 Å². The number of benzene rings is 2. The van der Waals surface area contributed by atoms with E-state index in [1.54, 1.807) is 36.4 Å². The van der Waals surface area contributed by atoms with Gasteiger partial charge in [-0.1, -0.05) is 36.1 Å². The normalized spacial score (nSPS) is 16.8. The lowest BCUT2D eigenvalue weighted by Gasteiger charge is -2.14. The minimum atomic E-state index is -0.391. The summed E-state index contributed by atoms with van der Waals surface area (Å²) in [4.78, 5) is 26.6. The summed E-state index contributed by atoms with van der Waals surface area (Å²) >= 11 is 6.33. The number of hydrogen-bond acceptors (Lipinski definition) is 6. The van der Waals surface area contributed by atoms with E-state index in [1.165, 1.54) is 17.0 Å². The first-order valence-electron chi connectivity index (χ1n) is 8.20. The molecule has 28 heavy (non-hydrogen) atoms. The Hall–Kier alpha value is -2.91. The summed E-state index contributed by atoms with van der Waals surface area (Å²) in [7, 11) is 0. The third-order valence-electron chi connectivity index (χ3n) is 4.00. The first-order valence-corrected chi connectivity index (χ1v) is 9.42. The van der Waals surface area contributed by atoms with E-state index in [1.807, 2.05) is 0 Å². The summed E-state index contributed by atoms with van der Waals surface area (Å²) < 4.78 is 23.8. The maximum atomic E-state index is 13.0. The van der Waals surface area contributed by atoms with Crippen molar-refractivity contribution in [3.63, 3.8) is 0 Å². The Balaban J connectivity index is 1.42. The lowest BCUT2D eigenvalue weighted by atomic mass is 10.2. The van der Waals surface area contributed by atoms with Crippen LogP contribution in [-0.4, -0.2) is 34.4 Å². The average Bonchev–Trinajstić information content (AvgIpc) is 3.23. The van der Waals surface area contributed by atoms with E-state index in [0.29, 0.717) is 32.0 Å². The van der Waals surface area contributed by atoms with Crippen LogP contribution >= 0.6 is 24.0 Å². The molecule has 0 aromatic heterocycles. The lowest BCUT2D eigenvalue weighted by Crippen LogP contribution is -2.36. The molecule has 0 unspecified atom stereocenters. The number of rotatable bonds is 4. The first-order chi connectivity index (χ1) is 13.5. The predicted octanol–water partition coefficient (Wildman–Crippen LogP) is 3.39. The molecule has 1 fully saturated rings. The highest BCUT2D eigenvalue weighted by molar-refractivity contribution is 8.26. The van der Waals surface area contributed by atoms with Gasteiger partial charge in [-0.3, -0.25) is 14.5 Å². The largest absolute Gasteiger partial charge is 0.454 e. The molecule has 2 amide bonds. The number of fused-ring (bicyclic) bond motifs is 1. The fourth-order valence-corrected chi connectivity index (χ4v) is 3.92. The molecule has 0 atom stereocenters. The highest BCUT2D eigenvalue weighted by atomic mass is 32.2. The van der Waals surface area contributed by atoms with Crippen molar-refractivity contribution in [3.8, 4) is 11.5 Å². The van der Waals surface area contributed by atoms with Gasteiger partial charge in [0.25, 0.3) is 5.91 Å². The molecule has 0 saturated carbocycles. The number of nitrogens with one attached hydrogen (secondary N) is 1. The second-order valence-electron chi connectivity index (χ2n) is 5.94. The van der Waals surface area contributed by atoms with Crippen LogP contribution in [0.4, 0.5) is 10.1 Å². The van der Waals surface area contributed by atoms with Crippen LogP contribution in [0.2, 0.25) is 0 Å². The number of nitrogens with zero attached hydrogens (tertiary/aromatic N) is 1. The Bertz CT molecular complexity index is 1010. The average molecular weight is 416 g/mol. The number of carbonyl (C=O) groups excluding carboxylic acids is 2. The molecule has 1 N–H and O–H groups in total. The highest BCUT2D eigenvalue weighted by Crippen LogP contribution is 2.35. The Morgan fingerprint density at radius 2 is 1.96 bits per heavy atom. The quantitative estimate of drug-likeness (QED) is 0.609. The monoisotopic (exact) mass is 416 g/mol. The van der Waals surface area contributed by atoms with Crippen molar-refractivity contribution in [2.75, 3.05) is 18.7 Å². The Morgan fingerprint density at radius 1 is 1.21 bits per heavy atom. The van der Waals surface area contributed by atoms with Crippen LogP contribution in [0.15, 0.2) is 47.4 Å². The van der Waals surface area contributed by atoms with E-state index in [-0.39, 0.29) is 25.1 Å².